The minimum absolute atomic E-state index is 0.0739. The number of hydrogen-bond donors (Lipinski definition) is 2. The maximum atomic E-state index is 14.1. The number of carboxylic acids is 1. The second-order valence-corrected chi connectivity index (χ2v) is 6.87. The average molecular weight is 447 g/mol. The normalized spacial score (nSPS) is 12.7. The van der Waals surface area contributed by atoms with Crippen molar-refractivity contribution in [3.8, 4) is 0 Å². The molecular weight excluding hydrogens is 427 g/mol. The fourth-order valence-corrected chi connectivity index (χ4v) is 2.90. The number of pyridine rings is 1. The van der Waals surface area contributed by atoms with E-state index >= 15 is 0 Å². The lowest BCUT2D eigenvalue weighted by Gasteiger charge is -2.13. The van der Waals surface area contributed by atoms with Gasteiger partial charge in [0.15, 0.2) is 5.78 Å². The number of carboxylic acid groups (broad SMARTS) is 1. The van der Waals surface area contributed by atoms with Gasteiger partial charge in [0.2, 0.25) is 5.76 Å². The van der Waals surface area contributed by atoms with E-state index in [4.69, 9.17) is 5.11 Å². The maximum absolute atomic E-state index is 14.1. The van der Waals surface area contributed by atoms with Crippen molar-refractivity contribution >= 4 is 11.8 Å². The first kappa shape index (κ1) is 24.4. The quantitative estimate of drug-likeness (QED) is 0.273. The number of aliphatic carboxylic acids is 1. The number of rotatable bonds is 8. The van der Waals surface area contributed by atoms with E-state index in [0.29, 0.717) is 12.1 Å². The van der Waals surface area contributed by atoms with E-state index in [-0.39, 0.29) is 29.7 Å². The van der Waals surface area contributed by atoms with Crippen LogP contribution in [-0.4, -0.2) is 26.5 Å². The molecule has 1 heterocycles. The van der Waals surface area contributed by atoms with E-state index in [2.05, 4.69) is 0 Å². The van der Waals surface area contributed by atoms with Crippen LogP contribution >= 0.6 is 0 Å². The molecular formula is C23H20F3NO5. The molecule has 0 aliphatic carbocycles. The van der Waals surface area contributed by atoms with Crippen LogP contribution in [0.1, 0.15) is 35.3 Å². The standard InChI is InChI=1S/C23H20F3NO5/c1-3-4-16(13(2)24)12-27-11-14(7-15-5-6-17(25)9-19(15)26)8-18(22(27)30)20(28)10-21(29)23(31)32/h3-6,8-11,29H,7,12H2,1-2H3,(H,31,32)/b4-3-,16-13-,21-10-. The molecule has 0 saturated carbocycles. The number of benzene rings is 1. The molecule has 2 aromatic rings. The van der Waals surface area contributed by atoms with Crippen molar-refractivity contribution < 1.29 is 33.0 Å². The SMILES string of the molecule is C/C=C\C(Cn1cc(Cc2ccc(F)cc2F)cc(C(=O)/C=C(\O)C(=O)O)c1=O)=C(/C)F. The zero-order valence-electron chi connectivity index (χ0n) is 17.2. The number of aromatic nitrogens is 1. The smallest absolute Gasteiger partial charge is 0.371 e. The molecule has 2 N–H and O–H groups in total. The highest BCUT2D eigenvalue weighted by atomic mass is 19.1. The fraction of sp³-hybridized carbons (Fsp3) is 0.174. The van der Waals surface area contributed by atoms with Crippen LogP contribution in [0.5, 0.6) is 0 Å². The summed E-state index contributed by atoms with van der Waals surface area (Å²) in [5, 5.41) is 18.1. The average Bonchev–Trinajstić information content (AvgIpc) is 2.71. The molecule has 0 radical (unpaired) electrons. The summed E-state index contributed by atoms with van der Waals surface area (Å²) < 4.78 is 42.2. The number of aliphatic hydroxyl groups excluding tert-OH is 1. The monoisotopic (exact) mass is 447 g/mol. The highest BCUT2D eigenvalue weighted by Gasteiger charge is 2.17. The summed E-state index contributed by atoms with van der Waals surface area (Å²) in [7, 11) is 0. The molecule has 1 aromatic heterocycles. The van der Waals surface area contributed by atoms with Gasteiger partial charge in [-0.15, -0.1) is 0 Å². The second-order valence-electron chi connectivity index (χ2n) is 6.87. The Bertz CT molecular complexity index is 1200. The first-order valence-corrected chi connectivity index (χ1v) is 9.37. The van der Waals surface area contributed by atoms with Crippen molar-refractivity contribution in [3.63, 3.8) is 0 Å². The molecule has 1 aromatic carbocycles. The molecule has 0 aliphatic heterocycles. The molecule has 0 unspecified atom stereocenters. The Kier molecular flexibility index (Phi) is 7.95. The number of hydrogen-bond acceptors (Lipinski definition) is 4. The molecule has 0 amide bonds. The number of allylic oxidation sites excluding steroid dienone is 5. The molecule has 0 spiro atoms. The van der Waals surface area contributed by atoms with Gasteiger partial charge in [-0.05, 0) is 37.1 Å². The van der Waals surface area contributed by atoms with E-state index in [9.17, 15) is 32.7 Å². The van der Waals surface area contributed by atoms with Gasteiger partial charge < -0.3 is 14.8 Å². The van der Waals surface area contributed by atoms with Crippen LogP contribution in [0.3, 0.4) is 0 Å². The predicted octanol–water partition coefficient (Wildman–Crippen LogP) is 4.25. The number of carbonyl (C=O) groups excluding carboxylic acids is 1. The maximum Gasteiger partial charge on any atom is 0.371 e. The summed E-state index contributed by atoms with van der Waals surface area (Å²) in [6, 6.07) is 4.06. The van der Waals surface area contributed by atoms with Crippen molar-refractivity contribution in [2.75, 3.05) is 0 Å². The van der Waals surface area contributed by atoms with Gasteiger partial charge in [0.1, 0.15) is 17.5 Å². The Balaban J connectivity index is 2.64. The molecule has 6 nitrogen and oxygen atoms in total. The number of nitrogens with zero attached hydrogens (tertiary/aromatic N) is 1. The Morgan fingerprint density at radius 1 is 1.16 bits per heavy atom. The number of aliphatic hydroxyl groups is 1. The highest BCUT2D eigenvalue weighted by Crippen LogP contribution is 2.17. The molecule has 168 valence electrons. The summed E-state index contributed by atoms with van der Waals surface area (Å²) in [6.07, 6.45) is 4.52. The van der Waals surface area contributed by atoms with E-state index in [0.717, 1.165) is 16.7 Å². The van der Waals surface area contributed by atoms with Crippen LogP contribution in [0.2, 0.25) is 0 Å². The van der Waals surface area contributed by atoms with Crippen molar-refractivity contribution in [1.29, 1.82) is 0 Å². The summed E-state index contributed by atoms with van der Waals surface area (Å²) in [5.41, 5.74) is -0.907. The minimum Gasteiger partial charge on any atom is -0.502 e. The van der Waals surface area contributed by atoms with E-state index in [1.54, 1.807) is 13.0 Å². The van der Waals surface area contributed by atoms with Crippen LogP contribution in [0.25, 0.3) is 0 Å². The first-order valence-electron chi connectivity index (χ1n) is 9.37. The molecule has 0 atom stereocenters. The second kappa shape index (κ2) is 10.4. The summed E-state index contributed by atoms with van der Waals surface area (Å²) >= 11 is 0. The number of carbonyl (C=O) groups is 2. The molecule has 0 saturated heterocycles. The van der Waals surface area contributed by atoms with Crippen LogP contribution < -0.4 is 5.56 Å². The van der Waals surface area contributed by atoms with Crippen molar-refractivity contribution in [1.82, 2.24) is 4.57 Å². The van der Waals surface area contributed by atoms with Gasteiger partial charge in [0, 0.05) is 30.3 Å². The minimum atomic E-state index is -1.77. The first-order chi connectivity index (χ1) is 15.0. The van der Waals surface area contributed by atoms with Gasteiger partial charge >= 0.3 is 5.97 Å². The molecule has 32 heavy (non-hydrogen) atoms. The predicted molar refractivity (Wildman–Crippen MR) is 111 cm³/mol. The summed E-state index contributed by atoms with van der Waals surface area (Å²) in [5.74, 6) is -6.33. The third kappa shape index (κ3) is 6.07. The van der Waals surface area contributed by atoms with Crippen LogP contribution in [0.15, 0.2) is 70.6 Å². The Morgan fingerprint density at radius 3 is 2.41 bits per heavy atom. The van der Waals surface area contributed by atoms with Gasteiger partial charge in [0.05, 0.1) is 12.1 Å². The molecule has 9 heteroatoms. The van der Waals surface area contributed by atoms with Gasteiger partial charge in [0.25, 0.3) is 5.56 Å². The molecule has 0 aliphatic rings. The summed E-state index contributed by atoms with van der Waals surface area (Å²) in [6.45, 7) is 2.58. The van der Waals surface area contributed by atoms with Crippen molar-refractivity contribution in [2.24, 2.45) is 0 Å². The highest BCUT2D eigenvalue weighted by molar-refractivity contribution is 6.07. The largest absolute Gasteiger partial charge is 0.502 e. The Morgan fingerprint density at radius 2 is 1.84 bits per heavy atom. The van der Waals surface area contributed by atoms with E-state index in [1.165, 1.54) is 25.3 Å². The van der Waals surface area contributed by atoms with E-state index in [1.807, 2.05) is 0 Å². The lowest BCUT2D eigenvalue weighted by molar-refractivity contribution is -0.135. The van der Waals surface area contributed by atoms with E-state index < -0.39 is 46.1 Å². The zero-order valence-corrected chi connectivity index (χ0v) is 17.2. The van der Waals surface area contributed by atoms with Gasteiger partial charge in [-0.1, -0.05) is 18.2 Å². The van der Waals surface area contributed by atoms with Gasteiger partial charge in [-0.3, -0.25) is 9.59 Å². The lowest BCUT2D eigenvalue weighted by Crippen LogP contribution is -2.27. The number of halogens is 3. The lowest BCUT2D eigenvalue weighted by atomic mass is 10.0. The van der Waals surface area contributed by atoms with Gasteiger partial charge in [-0.25, -0.2) is 18.0 Å². The fourth-order valence-electron chi connectivity index (χ4n) is 2.90. The van der Waals surface area contributed by atoms with Gasteiger partial charge in [-0.2, -0.15) is 0 Å². The third-order valence-electron chi connectivity index (χ3n) is 4.46. The summed E-state index contributed by atoms with van der Waals surface area (Å²) in [4.78, 5) is 36.1. The van der Waals surface area contributed by atoms with Crippen LogP contribution in [0, 0.1) is 11.6 Å². The molecule has 2 rings (SSSR count). The number of ketones is 1. The Labute approximate surface area is 181 Å². The third-order valence-corrected chi connectivity index (χ3v) is 4.46. The molecule has 0 bridgehead atoms. The topological polar surface area (TPSA) is 96.6 Å². The molecule has 0 fully saturated rings. The van der Waals surface area contributed by atoms with Crippen LogP contribution in [-0.2, 0) is 17.8 Å². The zero-order chi connectivity index (χ0) is 24.0. The van der Waals surface area contributed by atoms with Crippen molar-refractivity contribution in [3.05, 3.63) is 105 Å². The van der Waals surface area contributed by atoms with Crippen molar-refractivity contribution in [2.45, 2.75) is 26.8 Å². The Hall–Kier alpha value is -3.88. The van der Waals surface area contributed by atoms with Crippen LogP contribution in [0.4, 0.5) is 13.2 Å².